The van der Waals surface area contributed by atoms with Gasteiger partial charge in [-0.2, -0.15) is 0 Å². The third kappa shape index (κ3) is 2.85. The molecule has 3 heteroatoms. The van der Waals surface area contributed by atoms with Gasteiger partial charge in [0, 0.05) is 0 Å². The summed E-state index contributed by atoms with van der Waals surface area (Å²) in [6.45, 7) is 4.91. The van der Waals surface area contributed by atoms with Crippen molar-refractivity contribution >= 4 is 5.97 Å². The molecule has 0 aliphatic rings. The van der Waals surface area contributed by atoms with Gasteiger partial charge >= 0.3 is 5.97 Å². The number of carbonyl (C=O) groups is 1. The Morgan fingerprint density at radius 1 is 2.00 bits per heavy atom. The van der Waals surface area contributed by atoms with Gasteiger partial charge in [-0.15, -0.1) is 0 Å². The molecule has 0 N–H and O–H groups in total. The molecule has 0 rings (SSSR count). The minimum Gasteiger partial charge on any atom is -0.464 e. The summed E-state index contributed by atoms with van der Waals surface area (Å²) in [7, 11) is 0. The molecule has 0 amide bonds. The molecule has 0 aliphatic heterocycles. The number of alkyl halides is 1. The second kappa shape index (κ2) is 4.06. The Kier molecular flexibility index (Phi) is 3.67. The molecule has 0 aromatic heterocycles. The van der Waals surface area contributed by atoms with Crippen LogP contribution in [0.2, 0.25) is 0 Å². The van der Waals surface area contributed by atoms with Crippen LogP contribution in [0.5, 0.6) is 0 Å². The normalized spacial score (nSPS) is 12.2. The molecule has 0 spiro atoms. The largest absolute Gasteiger partial charge is 0.464 e. The number of carbonyl (C=O) groups excluding carboxylic acids is 1. The lowest BCUT2D eigenvalue weighted by Crippen LogP contribution is -2.15. The summed E-state index contributed by atoms with van der Waals surface area (Å²) in [5.74, 6) is -0.868. The van der Waals surface area contributed by atoms with E-state index in [1.165, 1.54) is 0 Å². The van der Waals surface area contributed by atoms with Gasteiger partial charge in [0.15, 0.2) is 0 Å². The first kappa shape index (κ1) is 8.14. The van der Waals surface area contributed by atoms with Crippen molar-refractivity contribution in [2.24, 2.45) is 0 Å². The van der Waals surface area contributed by atoms with Crippen molar-refractivity contribution in [2.75, 3.05) is 6.61 Å². The quantitative estimate of drug-likeness (QED) is 0.424. The molecule has 2 nitrogen and oxygen atoms in total. The second-order valence-corrected chi connectivity index (χ2v) is 1.39. The van der Waals surface area contributed by atoms with E-state index in [-0.39, 0.29) is 6.61 Å². The van der Waals surface area contributed by atoms with E-state index in [4.69, 9.17) is 0 Å². The van der Waals surface area contributed by atoms with E-state index in [0.29, 0.717) is 0 Å². The monoisotopic (exact) mass is 132 g/mol. The van der Waals surface area contributed by atoms with Crippen molar-refractivity contribution in [1.29, 1.82) is 0 Å². The van der Waals surface area contributed by atoms with Crippen LogP contribution in [0.3, 0.4) is 0 Å². The number of hydrogen-bond donors (Lipinski definition) is 0. The molecule has 0 heterocycles. The minimum absolute atomic E-state index is 0.201. The first-order valence-corrected chi connectivity index (χ1v) is 2.65. The third-order valence-electron chi connectivity index (χ3n) is 0.719. The van der Waals surface area contributed by atoms with E-state index < -0.39 is 12.1 Å². The second-order valence-electron chi connectivity index (χ2n) is 1.39. The molecule has 0 saturated carbocycles. The Morgan fingerprint density at radius 3 is 2.89 bits per heavy atom. The lowest BCUT2D eigenvalue weighted by molar-refractivity contribution is -0.147. The Labute approximate surface area is 53.3 Å². The summed E-state index contributed by atoms with van der Waals surface area (Å²) < 4.78 is 16.4. The van der Waals surface area contributed by atoms with Gasteiger partial charge in [0.05, 0.1) is 6.61 Å². The van der Waals surface area contributed by atoms with Crippen molar-refractivity contribution in [1.82, 2.24) is 0 Å². The summed E-state index contributed by atoms with van der Waals surface area (Å²) >= 11 is 0. The van der Waals surface area contributed by atoms with Crippen LogP contribution in [0.15, 0.2) is 12.7 Å². The number of ether oxygens (including phenoxy) is 1. The summed E-state index contributed by atoms with van der Waals surface area (Å²) in [5.41, 5.74) is 0. The lowest BCUT2D eigenvalue weighted by atomic mass is 10.4. The number of hydrogen-bond acceptors (Lipinski definition) is 2. The number of esters is 1. The van der Waals surface area contributed by atoms with Gasteiger partial charge in [-0.3, -0.25) is 0 Å². The topological polar surface area (TPSA) is 26.3 Å². The van der Waals surface area contributed by atoms with Crippen molar-refractivity contribution in [3.63, 3.8) is 0 Å². The lowest BCUT2D eigenvalue weighted by Gasteiger charge is -2.00. The summed E-state index contributed by atoms with van der Waals surface area (Å²) in [6, 6.07) is 0. The number of rotatable bonds is 3. The Hall–Kier alpha value is -0.860. The predicted molar refractivity (Wildman–Crippen MR) is 31.7 cm³/mol. The maximum atomic E-state index is 12.1. The zero-order valence-electron chi connectivity index (χ0n) is 5.26. The molecule has 1 atom stereocenters. The van der Waals surface area contributed by atoms with Crippen LogP contribution >= 0.6 is 0 Å². The molecular formula is C6H9FO2. The maximum Gasteiger partial charge on any atom is 0.344 e. The average molecular weight is 132 g/mol. The standard InChI is InChI=1S/C6H9FO2/c1-3-5(7)6(8)9-4-2/h3,5H,1,4H2,2H3. The zero-order chi connectivity index (χ0) is 7.28. The van der Waals surface area contributed by atoms with Crippen molar-refractivity contribution in [3.05, 3.63) is 12.7 Å². The van der Waals surface area contributed by atoms with Crippen LogP contribution in [-0.2, 0) is 9.53 Å². The highest BCUT2D eigenvalue weighted by Gasteiger charge is 2.12. The van der Waals surface area contributed by atoms with Crippen molar-refractivity contribution in [2.45, 2.75) is 13.1 Å². The third-order valence-corrected chi connectivity index (χ3v) is 0.719. The van der Waals surface area contributed by atoms with Gasteiger partial charge in [0.2, 0.25) is 6.17 Å². The van der Waals surface area contributed by atoms with Crippen LogP contribution in [0.1, 0.15) is 6.92 Å². The highest BCUT2D eigenvalue weighted by Crippen LogP contribution is 1.94. The molecule has 0 saturated heterocycles. The van der Waals surface area contributed by atoms with Gasteiger partial charge < -0.3 is 4.74 Å². The van der Waals surface area contributed by atoms with Crippen LogP contribution in [0.4, 0.5) is 4.39 Å². The average Bonchev–Trinajstić information content (AvgIpc) is 1.87. The minimum atomic E-state index is -1.68. The van der Waals surface area contributed by atoms with E-state index in [2.05, 4.69) is 11.3 Å². The molecule has 0 aromatic rings. The highest BCUT2D eigenvalue weighted by atomic mass is 19.1. The maximum absolute atomic E-state index is 12.1. The summed E-state index contributed by atoms with van der Waals surface area (Å²) in [5, 5.41) is 0. The molecule has 0 aliphatic carbocycles. The Morgan fingerprint density at radius 2 is 2.56 bits per heavy atom. The molecule has 1 unspecified atom stereocenters. The van der Waals surface area contributed by atoms with Gasteiger partial charge in [-0.05, 0) is 13.0 Å². The van der Waals surface area contributed by atoms with Crippen LogP contribution in [0.25, 0.3) is 0 Å². The van der Waals surface area contributed by atoms with Crippen molar-refractivity contribution in [3.8, 4) is 0 Å². The molecule has 0 bridgehead atoms. The van der Waals surface area contributed by atoms with E-state index in [0.717, 1.165) is 6.08 Å². The van der Waals surface area contributed by atoms with Gasteiger partial charge in [0.1, 0.15) is 0 Å². The first-order valence-electron chi connectivity index (χ1n) is 2.65. The first-order chi connectivity index (χ1) is 4.22. The van der Waals surface area contributed by atoms with E-state index in [1.807, 2.05) is 0 Å². The molecule has 52 valence electrons. The van der Waals surface area contributed by atoms with Gasteiger partial charge in [-0.1, -0.05) is 6.58 Å². The van der Waals surface area contributed by atoms with Crippen molar-refractivity contribution < 1.29 is 13.9 Å². The molecular weight excluding hydrogens is 123 g/mol. The molecule has 0 radical (unpaired) electrons. The van der Waals surface area contributed by atoms with Gasteiger partial charge in [-0.25, -0.2) is 9.18 Å². The molecule has 9 heavy (non-hydrogen) atoms. The van der Waals surface area contributed by atoms with Gasteiger partial charge in [0.25, 0.3) is 0 Å². The fourth-order valence-electron chi connectivity index (χ4n) is 0.318. The zero-order valence-corrected chi connectivity index (χ0v) is 5.26. The van der Waals surface area contributed by atoms with Crippen LogP contribution < -0.4 is 0 Å². The van der Waals surface area contributed by atoms with Crippen LogP contribution in [-0.4, -0.2) is 18.7 Å². The van der Waals surface area contributed by atoms with Crippen LogP contribution in [0, 0.1) is 0 Å². The predicted octanol–water partition coefficient (Wildman–Crippen LogP) is 1.07. The fourth-order valence-corrected chi connectivity index (χ4v) is 0.318. The van der Waals surface area contributed by atoms with E-state index in [9.17, 15) is 9.18 Å². The highest BCUT2D eigenvalue weighted by molar-refractivity contribution is 5.76. The van der Waals surface area contributed by atoms with E-state index >= 15 is 0 Å². The summed E-state index contributed by atoms with van der Waals surface area (Å²) in [4.78, 5) is 10.3. The SMILES string of the molecule is C=CC(F)C(=O)OCC. The summed E-state index contributed by atoms with van der Waals surface area (Å²) in [6.07, 6.45) is -0.775. The Balaban J connectivity index is 3.58. The number of halogens is 1. The molecule has 0 aromatic carbocycles. The van der Waals surface area contributed by atoms with E-state index in [1.54, 1.807) is 6.92 Å². The molecule has 0 fully saturated rings. The fraction of sp³-hybridized carbons (Fsp3) is 0.500. The Bertz CT molecular complexity index is 112. The smallest absolute Gasteiger partial charge is 0.344 e.